The minimum Gasteiger partial charge on any atom is -0.497 e. The second-order valence-corrected chi connectivity index (χ2v) is 4.36. The van der Waals surface area contributed by atoms with Gasteiger partial charge in [0.15, 0.2) is 0 Å². The molecule has 0 aliphatic heterocycles. The lowest BCUT2D eigenvalue weighted by molar-refractivity contribution is 0.409. The van der Waals surface area contributed by atoms with Crippen LogP contribution < -0.4 is 10.1 Å². The molecule has 0 fully saturated rings. The number of thioether (sulfide) groups is 1. The van der Waals surface area contributed by atoms with E-state index in [1.54, 1.807) is 23.9 Å². The molecule has 0 saturated carbocycles. The highest BCUT2D eigenvalue weighted by molar-refractivity contribution is 7.98. The van der Waals surface area contributed by atoms with Gasteiger partial charge >= 0.3 is 0 Å². The van der Waals surface area contributed by atoms with Crippen LogP contribution in [0.1, 0.15) is 18.5 Å². The fourth-order valence-corrected chi connectivity index (χ4v) is 2.22. The summed E-state index contributed by atoms with van der Waals surface area (Å²) in [6, 6.07) is 5.08. The Morgan fingerprint density at radius 1 is 1.50 bits per heavy atom. The van der Waals surface area contributed by atoms with Crippen molar-refractivity contribution in [2.75, 3.05) is 25.7 Å². The van der Waals surface area contributed by atoms with Crippen molar-refractivity contribution in [3.05, 3.63) is 29.6 Å². The van der Waals surface area contributed by atoms with Crippen molar-refractivity contribution in [2.45, 2.75) is 13.0 Å². The van der Waals surface area contributed by atoms with E-state index < -0.39 is 0 Å². The first-order chi connectivity index (χ1) is 7.72. The van der Waals surface area contributed by atoms with Gasteiger partial charge in [-0.05, 0) is 18.9 Å². The van der Waals surface area contributed by atoms with Gasteiger partial charge in [-0.2, -0.15) is 11.8 Å². The summed E-state index contributed by atoms with van der Waals surface area (Å²) in [5.74, 6) is 1.21. The minimum absolute atomic E-state index is 0.0610. The van der Waals surface area contributed by atoms with Gasteiger partial charge in [-0.15, -0.1) is 0 Å². The van der Waals surface area contributed by atoms with Gasteiger partial charge in [-0.3, -0.25) is 0 Å². The van der Waals surface area contributed by atoms with Gasteiger partial charge in [-0.1, -0.05) is 13.0 Å². The first-order valence-electron chi connectivity index (χ1n) is 5.28. The van der Waals surface area contributed by atoms with E-state index in [-0.39, 0.29) is 11.9 Å². The van der Waals surface area contributed by atoms with E-state index in [4.69, 9.17) is 4.74 Å². The molecule has 90 valence electrons. The molecule has 0 radical (unpaired) electrons. The van der Waals surface area contributed by atoms with Crippen molar-refractivity contribution in [2.24, 2.45) is 0 Å². The molecule has 16 heavy (non-hydrogen) atoms. The van der Waals surface area contributed by atoms with Crippen LogP contribution in [0.3, 0.4) is 0 Å². The third-order valence-corrected chi connectivity index (χ3v) is 3.03. The van der Waals surface area contributed by atoms with Gasteiger partial charge in [0.1, 0.15) is 11.6 Å². The number of nitrogens with one attached hydrogen (secondary N) is 1. The lowest BCUT2D eigenvalue weighted by Gasteiger charge is -2.18. The smallest absolute Gasteiger partial charge is 0.131 e. The van der Waals surface area contributed by atoms with Crippen molar-refractivity contribution in [3.63, 3.8) is 0 Å². The van der Waals surface area contributed by atoms with Crippen LogP contribution in [0.5, 0.6) is 5.75 Å². The number of methoxy groups -OCH3 is 1. The zero-order valence-electron chi connectivity index (χ0n) is 9.92. The Hall–Kier alpha value is -0.740. The summed E-state index contributed by atoms with van der Waals surface area (Å²) < 4.78 is 18.8. The van der Waals surface area contributed by atoms with Crippen molar-refractivity contribution in [1.29, 1.82) is 0 Å². The summed E-state index contributed by atoms with van der Waals surface area (Å²) in [4.78, 5) is 0. The predicted molar refractivity (Wildman–Crippen MR) is 67.8 cm³/mol. The van der Waals surface area contributed by atoms with Crippen molar-refractivity contribution < 1.29 is 9.13 Å². The second kappa shape index (κ2) is 6.76. The quantitative estimate of drug-likeness (QED) is 0.830. The Morgan fingerprint density at radius 2 is 2.25 bits per heavy atom. The van der Waals surface area contributed by atoms with E-state index in [1.807, 2.05) is 13.2 Å². The van der Waals surface area contributed by atoms with E-state index in [9.17, 15) is 4.39 Å². The maximum Gasteiger partial charge on any atom is 0.131 e. The van der Waals surface area contributed by atoms with Crippen LogP contribution in [0.25, 0.3) is 0 Å². The van der Waals surface area contributed by atoms with E-state index in [2.05, 4.69) is 5.32 Å². The van der Waals surface area contributed by atoms with Crippen molar-refractivity contribution >= 4 is 11.8 Å². The number of halogens is 1. The van der Waals surface area contributed by atoms with E-state index in [0.29, 0.717) is 11.3 Å². The lowest BCUT2D eigenvalue weighted by Crippen LogP contribution is -2.23. The third-order valence-electron chi connectivity index (χ3n) is 2.37. The highest BCUT2D eigenvalue weighted by Crippen LogP contribution is 2.23. The molecule has 0 spiro atoms. The molecule has 1 rings (SSSR count). The minimum atomic E-state index is -0.209. The number of hydrogen-bond donors (Lipinski definition) is 1. The van der Waals surface area contributed by atoms with E-state index >= 15 is 0 Å². The van der Waals surface area contributed by atoms with Crippen LogP contribution in [0.2, 0.25) is 0 Å². The standard InChI is InChI=1S/C12H18FNOS/c1-4-14-12(8-16-3)10-6-5-9(15-2)7-11(10)13/h5-7,12,14H,4,8H2,1-3H3. The first-order valence-corrected chi connectivity index (χ1v) is 6.68. The van der Waals surface area contributed by atoms with Crippen LogP contribution in [0.4, 0.5) is 4.39 Å². The number of ether oxygens (including phenoxy) is 1. The number of benzene rings is 1. The van der Waals surface area contributed by atoms with Crippen LogP contribution in [-0.2, 0) is 0 Å². The SMILES string of the molecule is CCNC(CSC)c1ccc(OC)cc1F. The summed E-state index contributed by atoms with van der Waals surface area (Å²) >= 11 is 1.70. The molecule has 4 heteroatoms. The summed E-state index contributed by atoms with van der Waals surface area (Å²) in [5.41, 5.74) is 0.706. The molecule has 0 aliphatic rings. The molecular formula is C12H18FNOS. The summed E-state index contributed by atoms with van der Waals surface area (Å²) in [6.07, 6.45) is 2.02. The molecule has 0 heterocycles. The van der Waals surface area contributed by atoms with Gasteiger partial charge in [0, 0.05) is 23.4 Å². The van der Waals surface area contributed by atoms with Crippen molar-refractivity contribution in [3.8, 4) is 5.75 Å². The summed E-state index contributed by atoms with van der Waals surface area (Å²) in [5, 5.41) is 3.28. The number of hydrogen-bond acceptors (Lipinski definition) is 3. The Kier molecular flexibility index (Phi) is 5.63. The van der Waals surface area contributed by atoms with Crippen LogP contribution >= 0.6 is 11.8 Å². The molecule has 1 N–H and O–H groups in total. The highest BCUT2D eigenvalue weighted by atomic mass is 32.2. The summed E-state index contributed by atoms with van der Waals surface area (Å²) in [6.45, 7) is 2.85. The molecule has 1 aromatic rings. The molecule has 1 aromatic carbocycles. The van der Waals surface area contributed by atoms with Gasteiger partial charge in [0.25, 0.3) is 0 Å². The van der Waals surface area contributed by atoms with Gasteiger partial charge in [0.2, 0.25) is 0 Å². The fraction of sp³-hybridized carbons (Fsp3) is 0.500. The monoisotopic (exact) mass is 243 g/mol. The first kappa shape index (κ1) is 13.3. The summed E-state index contributed by atoms with van der Waals surface area (Å²) in [7, 11) is 1.54. The molecule has 0 amide bonds. The fourth-order valence-electron chi connectivity index (χ4n) is 1.59. The Balaban J connectivity index is 2.90. The Labute approximate surface area is 101 Å². The topological polar surface area (TPSA) is 21.3 Å². The maximum atomic E-state index is 13.8. The average molecular weight is 243 g/mol. The molecule has 1 atom stereocenters. The Morgan fingerprint density at radius 3 is 2.75 bits per heavy atom. The molecule has 0 bridgehead atoms. The predicted octanol–water partition coefficient (Wildman–Crippen LogP) is 2.85. The zero-order chi connectivity index (χ0) is 12.0. The molecule has 0 aromatic heterocycles. The maximum absolute atomic E-state index is 13.8. The van der Waals surface area contributed by atoms with Gasteiger partial charge in [-0.25, -0.2) is 4.39 Å². The third kappa shape index (κ3) is 3.39. The lowest BCUT2D eigenvalue weighted by atomic mass is 10.1. The van der Waals surface area contributed by atoms with E-state index in [1.165, 1.54) is 13.2 Å². The average Bonchev–Trinajstić information content (AvgIpc) is 2.29. The number of rotatable bonds is 6. The highest BCUT2D eigenvalue weighted by Gasteiger charge is 2.14. The molecule has 0 aliphatic carbocycles. The second-order valence-electron chi connectivity index (χ2n) is 3.45. The molecule has 1 unspecified atom stereocenters. The molecule has 0 saturated heterocycles. The molecule has 2 nitrogen and oxygen atoms in total. The van der Waals surface area contributed by atoms with Crippen LogP contribution in [0.15, 0.2) is 18.2 Å². The Bertz CT molecular complexity index is 327. The van der Waals surface area contributed by atoms with Crippen LogP contribution in [0, 0.1) is 5.82 Å². The normalized spacial score (nSPS) is 12.5. The largest absolute Gasteiger partial charge is 0.497 e. The van der Waals surface area contributed by atoms with E-state index in [0.717, 1.165) is 12.3 Å². The van der Waals surface area contributed by atoms with Gasteiger partial charge < -0.3 is 10.1 Å². The van der Waals surface area contributed by atoms with Crippen molar-refractivity contribution in [1.82, 2.24) is 5.32 Å². The van der Waals surface area contributed by atoms with Crippen LogP contribution in [-0.4, -0.2) is 25.7 Å². The van der Waals surface area contributed by atoms with Gasteiger partial charge in [0.05, 0.1) is 7.11 Å². The zero-order valence-corrected chi connectivity index (χ0v) is 10.7. The molecular weight excluding hydrogens is 225 g/mol.